The molecule has 18 heavy (non-hydrogen) atoms. The van der Waals surface area contributed by atoms with Crippen molar-refractivity contribution >= 4 is 21.6 Å². The van der Waals surface area contributed by atoms with Gasteiger partial charge in [-0.2, -0.15) is 0 Å². The molecule has 0 bridgehead atoms. The Morgan fingerprint density at radius 3 is 2.67 bits per heavy atom. The summed E-state index contributed by atoms with van der Waals surface area (Å²) >= 11 is 3.25. The van der Waals surface area contributed by atoms with Crippen molar-refractivity contribution in [3.05, 3.63) is 28.5 Å². The first-order valence-electron chi connectivity index (χ1n) is 6.25. The molecule has 2 rings (SSSR count). The van der Waals surface area contributed by atoms with Gasteiger partial charge in [0.25, 0.3) is 0 Å². The minimum Gasteiger partial charge on any atom is -0.381 e. The van der Waals surface area contributed by atoms with Gasteiger partial charge in [-0.3, -0.25) is 4.90 Å². The molecule has 0 aliphatic carbocycles. The summed E-state index contributed by atoms with van der Waals surface area (Å²) in [7, 11) is 2.15. The van der Waals surface area contributed by atoms with E-state index in [-0.39, 0.29) is 5.82 Å². The van der Waals surface area contributed by atoms with Gasteiger partial charge in [-0.1, -0.05) is 15.9 Å². The zero-order valence-corrected chi connectivity index (χ0v) is 12.2. The van der Waals surface area contributed by atoms with Gasteiger partial charge in [0.2, 0.25) is 0 Å². The third-order valence-corrected chi connectivity index (χ3v) is 3.76. The van der Waals surface area contributed by atoms with Crippen molar-refractivity contribution in [2.75, 3.05) is 51.6 Å². The molecule has 0 radical (unpaired) electrons. The first kappa shape index (κ1) is 13.8. The van der Waals surface area contributed by atoms with Gasteiger partial charge in [0, 0.05) is 43.7 Å². The van der Waals surface area contributed by atoms with E-state index < -0.39 is 0 Å². The van der Waals surface area contributed by atoms with Crippen molar-refractivity contribution in [1.29, 1.82) is 0 Å². The van der Waals surface area contributed by atoms with Gasteiger partial charge >= 0.3 is 0 Å². The second-order valence-electron chi connectivity index (χ2n) is 4.70. The van der Waals surface area contributed by atoms with Crippen LogP contribution in [0.25, 0.3) is 0 Å². The van der Waals surface area contributed by atoms with E-state index in [0.29, 0.717) is 5.69 Å². The molecule has 1 aromatic rings. The third kappa shape index (κ3) is 3.93. The Morgan fingerprint density at radius 1 is 1.28 bits per heavy atom. The van der Waals surface area contributed by atoms with E-state index in [1.165, 1.54) is 6.07 Å². The number of piperazine rings is 1. The standard InChI is InChI=1S/C13H19BrFN3/c1-17-6-8-18(9-7-17)5-4-16-13-3-2-11(14)10-12(13)15/h2-3,10,16H,4-9H2,1H3. The number of hydrogen-bond donors (Lipinski definition) is 1. The summed E-state index contributed by atoms with van der Waals surface area (Å²) in [5.41, 5.74) is 0.576. The lowest BCUT2D eigenvalue weighted by atomic mass is 10.3. The van der Waals surface area contributed by atoms with Gasteiger partial charge in [0.15, 0.2) is 0 Å². The Labute approximate surface area is 116 Å². The predicted molar refractivity (Wildman–Crippen MR) is 76.5 cm³/mol. The highest BCUT2D eigenvalue weighted by atomic mass is 79.9. The van der Waals surface area contributed by atoms with E-state index in [9.17, 15) is 4.39 Å². The molecule has 0 unspecified atom stereocenters. The Bertz CT molecular complexity index is 392. The van der Waals surface area contributed by atoms with Crippen LogP contribution in [0.5, 0.6) is 0 Å². The molecule has 0 saturated carbocycles. The van der Waals surface area contributed by atoms with Crippen molar-refractivity contribution in [2.24, 2.45) is 0 Å². The Morgan fingerprint density at radius 2 is 2.00 bits per heavy atom. The summed E-state index contributed by atoms with van der Waals surface area (Å²) in [6.45, 7) is 6.17. The van der Waals surface area contributed by atoms with Crippen LogP contribution in [0.4, 0.5) is 10.1 Å². The average Bonchev–Trinajstić information content (AvgIpc) is 2.34. The Kier molecular flexibility index (Phi) is 4.97. The monoisotopic (exact) mass is 315 g/mol. The maximum Gasteiger partial charge on any atom is 0.147 e. The first-order chi connectivity index (χ1) is 8.65. The molecular weight excluding hydrogens is 297 g/mol. The van der Waals surface area contributed by atoms with E-state index in [2.05, 4.69) is 38.1 Å². The Balaban J connectivity index is 1.75. The maximum atomic E-state index is 13.6. The fraction of sp³-hybridized carbons (Fsp3) is 0.538. The zero-order valence-electron chi connectivity index (χ0n) is 10.6. The summed E-state index contributed by atoms with van der Waals surface area (Å²) in [6, 6.07) is 5.10. The molecule has 5 heteroatoms. The van der Waals surface area contributed by atoms with Gasteiger partial charge in [-0.15, -0.1) is 0 Å². The summed E-state index contributed by atoms with van der Waals surface area (Å²) < 4.78 is 14.3. The highest BCUT2D eigenvalue weighted by Gasteiger charge is 2.13. The van der Waals surface area contributed by atoms with Crippen molar-refractivity contribution in [1.82, 2.24) is 9.80 Å². The van der Waals surface area contributed by atoms with E-state index >= 15 is 0 Å². The minimum atomic E-state index is -0.206. The second-order valence-corrected chi connectivity index (χ2v) is 5.61. The quantitative estimate of drug-likeness (QED) is 0.919. The van der Waals surface area contributed by atoms with Gasteiger partial charge in [0.1, 0.15) is 5.82 Å². The molecule has 1 aliphatic rings. The van der Waals surface area contributed by atoms with E-state index in [4.69, 9.17) is 0 Å². The maximum absolute atomic E-state index is 13.6. The summed E-state index contributed by atoms with van der Waals surface area (Å²) in [5.74, 6) is -0.206. The van der Waals surface area contributed by atoms with Crippen LogP contribution in [-0.2, 0) is 0 Å². The predicted octanol–water partition coefficient (Wildman–Crippen LogP) is 2.25. The summed E-state index contributed by atoms with van der Waals surface area (Å²) in [6.07, 6.45) is 0. The second kappa shape index (κ2) is 6.50. The fourth-order valence-corrected chi connectivity index (χ4v) is 2.39. The van der Waals surface area contributed by atoms with Gasteiger partial charge < -0.3 is 10.2 Å². The van der Waals surface area contributed by atoms with Crippen LogP contribution in [0, 0.1) is 5.82 Å². The third-order valence-electron chi connectivity index (χ3n) is 3.27. The number of hydrogen-bond acceptors (Lipinski definition) is 3. The fourth-order valence-electron chi connectivity index (χ4n) is 2.05. The van der Waals surface area contributed by atoms with Gasteiger partial charge in [-0.25, -0.2) is 4.39 Å². The number of nitrogens with zero attached hydrogens (tertiary/aromatic N) is 2. The number of anilines is 1. The molecule has 0 aromatic heterocycles. The number of benzene rings is 1. The van der Waals surface area contributed by atoms with E-state index in [1.54, 1.807) is 6.07 Å². The van der Waals surface area contributed by atoms with E-state index in [1.807, 2.05) is 6.07 Å². The molecule has 1 fully saturated rings. The molecular formula is C13H19BrFN3. The summed E-state index contributed by atoms with van der Waals surface area (Å²) in [4.78, 5) is 4.74. The van der Waals surface area contributed by atoms with Crippen LogP contribution >= 0.6 is 15.9 Å². The van der Waals surface area contributed by atoms with Gasteiger partial charge in [0.05, 0.1) is 5.69 Å². The number of halogens is 2. The molecule has 1 aromatic carbocycles. The topological polar surface area (TPSA) is 18.5 Å². The molecule has 1 heterocycles. The zero-order chi connectivity index (χ0) is 13.0. The molecule has 0 atom stereocenters. The van der Waals surface area contributed by atoms with Crippen LogP contribution in [-0.4, -0.2) is 56.1 Å². The van der Waals surface area contributed by atoms with E-state index in [0.717, 1.165) is 43.7 Å². The van der Waals surface area contributed by atoms with Gasteiger partial charge in [-0.05, 0) is 25.2 Å². The lowest BCUT2D eigenvalue weighted by Gasteiger charge is -2.32. The van der Waals surface area contributed by atoms with Crippen LogP contribution in [0.1, 0.15) is 0 Å². The first-order valence-corrected chi connectivity index (χ1v) is 7.04. The van der Waals surface area contributed by atoms with Crippen LogP contribution in [0.15, 0.2) is 22.7 Å². The molecule has 1 saturated heterocycles. The molecule has 3 nitrogen and oxygen atoms in total. The summed E-state index contributed by atoms with van der Waals surface area (Å²) in [5, 5.41) is 3.15. The molecule has 0 spiro atoms. The SMILES string of the molecule is CN1CCN(CCNc2ccc(Br)cc2F)CC1. The molecule has 1 N–H and O–H groups in total. The lowest BCUT2D eigenvalue weighted by molar-refractivity contribution is 0.158. The van der Waals surface area contributed by atoms with Crippen molar-refractivity contribution in [3.63, 3.8) is 0 Å². The highest BCUT2D eigenvalue weighted by Crippen LogP contribution is 2.18. The average molecular weight is 316 g/mol. The lowest BCUT2D eigenvalue weighted by Crippen LogP contribution is -2.45. The Hall–Kier alpha value is -0.650. The minimum absolute atomic E-state index is 0.206. The smallest absolute Gasteiger partial charge is 0.147 e. The van der Waals surface area contributed by atoms with Crippen molar-refractivity contribution in [3.8, 4) is 0 Å². The molecule has 1 aliphatic heterocycles. The number of nitrogens with one attached hydrogen (secondary N) is 1. The van der Waals surface area contributed by atoms with Crippen LogP contribution in [0.2, 0.25) is 0 Å². The van der Waals surface area contributed by atoms with Crippen LogP contribution in [0.3, 0.4) is 0 Å². The largest absolute Gasteiger partial charge is 0.381 e. The normalized spacial score (nSPS) is 17.9. The van der Waals surface area contributed by atoms with Crippen molar-refractivity contribution in [2.45, 2.75) is 0 Å². The van der Waals surface area contributed by atoms with Crippen molar-refractivity contribution < 1.29 is 4.39 Å². The number of likely N-dealkylation sites (N-methyl/N-ethyl adjacent to an activating group) is 1. The van der Waals surface area contributed by atoms with Crippen LogP contribution < -0.4 is 5.32 Å². The highest BCUT2D eigenvalue weighted by molar-refractivity contribution is 9.10. The molecule has 0 amide bonds. The number of rotatable bonds is 4. The molecule has 100 valence electrons.